The maximum Gasteiger partial charge on any atom is 0.404 e. The quantitative estimate of drug-likeness (QED) is 0.127. The fourth-order valence-electron chi connectivity index (χ4n) is 6.79. The Morgan fingerprint density at radius 1 is 0.872 bits per heavy atom. The highest BCUT2D eigenvalue weighted by Crippen LogP contribution is 2.59. The SMILES string of the molecule is CC/C=C\C/C=C\C/C=C\C/C=C\C/C=C\C/C=C\CCC(=O)N1[C@H]2[C@@H]1CN1C3=C(C(=O)C(N)=C(C)C3=O)[C@@H](COC(N)=O)[C@@]21OC. The number of piperazine rings is 1. The van der Waals surface area contributed by atoms with E-state index in [1.807, 2.05) is 12.2 Å². The molecule has 252 valence electrons. The van der Waals surface area contributed by atoms with Crippen molar-refractivity contribution >= 4 is 23.6 Å². The molecule has 4 rings (SSSR count). The molecule has 0 spiro atoms. The van der Waals surface area contributed by atoms with Crippen LogP contribution in [0, 0.1) is 5.92 Å². The van der Waals surface area contributed by atoms with Gasteiger partial charge in [-0.25, -0.2) is 4.79 Å². The van der Waals surface area contributed by atoms with Gasteiger partial charge in [0.05, 0.1) is 23.4 Å². The van der Waals surface area contributed by atoms with Crippen LogP contribution in [-0.4, -0.2) is 71.4 Å². The van der Waals surface area contributed by atoms with Crippen molar-refractivity contribution < 1.29 is 28.7 Å². The Bertz CT molecular complexity index is 1460. The second-order valence-electron chi connectivity index (χ2n) is 12.0. The predicted octanol–water partition coefficient (Wildman–Crippen LogP) is 5.07. The second kappa shape index (κ2) is 16.4. The third-order valence-electron chi connectivity index (χ3n) is 9.10. The maximum absolute atomic E-state index is 13.3. The van der Waals surface area contributed by atoms with Crippen molar-refractivity contribution in [3.8, 4) is 0 Å². The lowest BCUT2D eigenvalue weighted by Gasteiger charge is -2.41. The second-order valence-corrected chi connectivity index (χ2v) is 12.0. The van der Waals surface area contributed by atoms with Gasteiger partial charge in [-0.2, -0.15) is 0 Å². The lowest BCUT2D eigenvalue weighted by molar-refractivity contribution is -0.153. The van der Waals surface area contributed by atoms with Crippen LogP contribution in [0.1, 0.15) is 65.2 Å². The molecule has 3 heterocycles. The van der Waals surface area contributed by atoms with Crippen molar-refractivity contribution in [2.24, 2.45) is 17.4 Å². The minimum atomic E-state index is -1.25. The Labute approximate surface area is 277 Å². The number of allylic oxidation sites excluding steroid dienone is 14. The first-order chi connectivity index (χ1) is 22.7. The standard InChI is InChI=1S/C37H48N4O6/c1-4-5-6-7-8-9-10-11-12-13-14-15-16-17-18-19-20-21-22-23-29(42)41-28-24-40-32-30(34(44)31(38)26(2)33(32)43)27(25-47-36(39)45)37(40,46-3)35(28)41/h5-6,8-9,11-12,14-15,17-18,20-21,27-28,35H,4,7,10,13,16,19,22-25,38H2,1-3H3,(H2,39,45)/b6-5-,9-8-,12-11-,15-14-,18-17-,21-20-/t27-,28+,35+,37-,41?/m1/s1. The molecular weight excluding hydrogens is 596 g/mol. The zero-order chi connectivity index (χ0) is 34.0. The Hall–Kier alpha value is -4.44. The fourth-order valence-corrected chi connectivity index (χ4v) is 6.79. The molecule has 0 aromatic carbocycles. The monoisotopic (exact) mass is 644 g/mol. The normalized spacial score (nSPS) is 25.6. The van der Waals surface area contributed by atoms with E-state index in [1.165, 1.54) is 14.0 Å². The number of hydrogen-bond donors (Lipinski definition) is 2. The molecule has 0 saturated carbocycles. The molecule has 10 heteroatoms. The Morgan fingerprint density at radius 2 is 1.40 bits per heavy atom. The van der Waals surface area contributed by atoms with Gasteiger partial charge in [-0.05, 0) is 51.9 Å². The van der Waals surface area contributed by atoms with Crippen LogP contribution >= 0.6 is 0 Å². The van der Waals surface area contributed by atoms with Crippen LogP contribution in [0.15, 0.2) is 95.5 Å². The molecule has 4 atom stereocenters. The number of hydrogen-bond acceptors (Lipinski definition) is 8. The average Bonchev–Trinajstić information content (AvgIpc) is 3.57. The number of carbonyl (C=O) groups is 4. The first-order valence-corrected chi connectivity index (χ1v) is 16.5. The molecular formula is C37H48N4O6. The topological polar surface area (TPSA) is 145 Å². The molecule has 0 aromatic rings. The molecule has 1 aliphatic carbocycles. The molecule has 4 aliphatic rings. The number of methoxy groups -OCH3 is 1. The summed E-state index contributed by atoms with van der Waals surface area (Å²) >= 11 is 0. The van der Waals surface area contributed by atoms with Crippen molar-refractivity contribution in [3.05, 3.63) is 95.5 Å². The minimum Gasteiger partial charge on any atom is -0.449 e. The maximum atomic E-state index is 13.3. The third-order valence-corrected chi connectivity index (χ3v) is 9.10. The lowest BCUT2D eigenvalue weighted by Crippen LogP contribution is -2.56. The highest BCUT2D eigenvalue weighted by Gasteiger charge is 2.77. The van der Waals surface area contributed by atoms with Crippen molar-refractivity contribution in [2.75, 3.05) is 20.3 Å². The van der Waals surface area contributed by atoms with E-state index in [0.29, 0.717) is 19.4 Å². The molecule has 2 saturated heterocycles. The van der Waals surface area contributed by atoms with E-state index >= 15 is 0 Å². The van der Waals surface area contributed by atoms with Crippen molar-refractivity contribution in [3.63, 3.8) is 0 Å². The van der Waals surface area contributed by atoms with Gasteiger partial charge in [0, 0.05) is 31.2 Å². The van der Waals surface area contributed by atoms with Crippen LogP contribution in [0.2, 0.25) is 0 Å². The van der Waals surface area contributed by atoms with Crippen LogP contribution in [-0.2, 0) is 23.9 Å². The van der Waals surface area contributed by atoms with E-state index in [9.17, 15) is 19.2 Å². The summed E-state index contributed by atoms with van der Waals surface area (Å²) in [5.41, 5.74) is 10.4. The third kappa shape index (κ3) is 7.59. The van der Waals surface area contributed by atoms with Gasteiger partial charge in [-0.1, -0.05) is 79.8 Å². The molecule has 3 aliphatic heterocycles. The van der Waals surface area contributed by atoms with Crippen LogP contribution in [0.4, 0.5) is 4.79 Å². The van der Waals surface area contributed by atoms with Crippen molar-refractivity contribution in [1.29, 1.82) is 0 Å². The van der Waals surface area contributed by atoms with Gasteiger partial charge in [-0.15, -0.1) is 0 Å². The summed E-state index contributed by atoms with van der Waals surface area (Å²) in [6.07, 6.45) is 31.2. The summed E-state index contributed by atoms with van der Waals surface area (Å²) < 4.78 is 11.2. The van der Waals surface area contributed by atoms with Crippen molar-refractivity contribution in [1.82, 2.24) is 9.80 Å². The smallest absolute Gasteiger partial charge is 0.404 e. The van der Waals surface area contributed by atoms with Crippen LogP contribution in [0.25, 0.3) is 0 Å². The van der Waals surface area contributed by atoms with E-state index in [-0.39, 0.29) is 46.9 Å². The van der Waals surface area contributed by atoms with Gasteiger partial charge in [-0.3, -0.25) is 14.4 Å². The largest absolute Gasteiger partial charge is 0.449 e. The van der Waals surface area contributed by atoms with Crippen molar-refractivity contribution in [2.45, 2.75) is 83.0 Å². The molecule has 4 N–H and O–H groups in total. The van der Waals surface area contributed by atoms with Crippen LogP contribution in [0.3, 0.4) is 0 Å². The van der Waals surface area contributed by atoms with Gasteiger partial charge in [0.1, 0.15) is 12.6 Å². The summed E-state index contributed by atoms with van der Waals surface area (Å²) in [5.74, 6) is -1.73. The molecule has 0 bridgehead atoms. The number of ketones is 2. The fraction of sp³-hybridized carbons (Fsp3) is 0.459. The van der Waals surface area contributed by atoms with E-state index in [1.54, 1.807) is 9.80 Å². The Balaban J connectivity index is 1.22. The zero-order valence-corrected chi connectivity index (χ0v) is 27.7. The zero-order valence-electron chi connectivity index (χ0n) is 27.7. The van der Waals surface area contributed by atoms with E-state index < -0.39 is 29.6 Å². The number of ether oxygens (including phenoxy) is 2. The summed E-state index contributed by atoms with van der Waals surface area (Å²) in [5, 5.41) is 0. The van der Waals surface area contributed by atoms with Gasteiger partial charge in [0.25, 0.3) is 0 Å². The number of amides is 2. The van der Waals surface area contributed by atoms with Gasteiger partial charge in [0.15, 0.2) is 5.72 Å². The summed E-state index contributed by atoms with van der Waals surface area (Å²) in [6, 6.07) is -0.608. The number of rotatable bonds is 17. The molecule has 2 fully saturated rings. The molecule has 0 aromatic heterocycles. The minimum absolute atomic E-state index is 0.0403. The molecule has 0 radical (unpaired) electrons. The van der Waals surface area contributed by atoms with Crippen LogP contribution in [0.5, 0.6) is 0 Å². The lowest BCUT2D eigenvalue weighted by atomic mass is 9.82. The van der Waals surface area contributed by atoms with E-state index in [0.717, 1.165) is 38.5 Å². The highest BCUT2D eigenvalue weighted by atomic mass is 16.6. The molecule has 0 unspecified atom stereocenters. The predicted molar refractivity (Wildman–Crippen MR) is 181 cm³/mol. The average molecular weight is 645 g/mol. The number of nitrogens with zero attached hydrogens (tertiary/aromatic N) is 2. The van der Waals surface area contributed by atoms with Gasteiger partial charge < -0.3 is 30.7 Å². The number of Topliss-reactive ketones (excluding diaryl/α,β-unsaturated/α-hetero) is 2. The first-order valence-electron chi connectivity index (χ1n) is 16.5. The highest BCUT2D eigenvalue weighted by molar-refractivity contribution is 6.25. The number of nitrogens with two attached hydrogens (primary N) is 2. The Morgan fingerprint density at radius 3 is 1.91 bits per heavy atom. The Kier molecular flexibility index (Phi) is 12.4. The van der Waals surface area contributed by atoms with E-state index in [4.69, 9.17) is 20.9 Å². The van der Waals surface area contributed by atoms with Gasteiger partial charge in [0.2, 0.25) is 17.5 Å². The number of fused-ring (bicyclic) bond motifs is 4. The number of carbonyl (C=O) groups excluding carboxylic acids is 4. The summed E-state index contributed by atoms with van der Waals surface area (Å²) in [7, 11) is 1.47. The summed E-state index contributed by atoms with van der Waals surface area (Å²) in [6.45, 7) is 3.69. The summed E-state index contributed by atoms with van der Waals surface area (Å²) in [4.78, 5) is 54.9. The van der Waals surface area contributed by atoms with E-state index in [2.05, 4.69) is 67.7 Å². The molecule has 47 heavy (non-hydrogen) atoms. The molecule has 10 nitrogen and oxygen atoms in total. The van der Waals surface area contributed by atoms with Gasteiger partial charge >= 0.3 is 6.09 Å². The molecule has 2 amide bonds. The number of primary amides is 1. The van der Waals surface area contributed by atoms with Crippen LogP contribution < -0.4 is 11.5 Å². The first kappa shape index (κ1) is 35.4.